The molecule has 0 amide bonds. The number of hydrogen-bond donors (Lipinski definition) is 0. The van der Waals surface area contributed by atoms with Crippen LogP contribution in [0.4, 0.5) is 0 Å². The number of fused-ring (bicyclic) bond motifs is 4. The van der Waals surface area contributed by atoms with E-state index >= 15 is 0 Å². The van der Waals surface area contributed by atoms with E-state index in [1.165, 1.54) is 0 Å². The van der Waals surface area contributed by atoms with Gasteiger partial charge >= 0.3 is 0 Å². The minimum Gasteiger partial charge on any atom is -0.338 e. The molecule has 0 saturated carbocycles. The summed E-state index contributed by atoms with van der Waals surface area (Å²) in [6, 6.07) is 15.5. The molecule has 0 spiro atoms. The summed E-state index contributed by atoms with van der Waals surface area (Å²) in [5.41, 5.74) is 2.25. The predicted molar refractivity (Wildman–Crippen MR) is 96.6 cm³/mol. The molecule has 1 aromatic carbocycles. The first-order chi connectivity index (χ1) is 12.8. The number of piperidine rings is 1. The van der Waals surface area contributed by atoms with Gasteiger partial charge in [-0.25, -0.2) is 0 Å². The molecular formula is C20H20N4O2. The van der Waals surface area contributed by atoms with Gasteiger partial charge in [0.15, 0.2) is 0 Å². The molecule has 132 valence electrons. The number of benzene rings is 1. The number of aromatic nitrogens is 3. The lowest BCUT2D eigenvalue weighted by Crippen LogP contribution is -2.46. The Morgan fingerprint density at radius 3 is 2.81 bits per heavy atom. The van der Waals surface area contributed by atoms with Gasteiger partial charge < -0.3 is 9.09 Å². The van der Waals surface area contributed by atoms with Gasteiger partial charge in [-0.3, -0.25) is 9.69 Å². The second kappa shape index (κ2) is 6.21. The van der Waals surface area contributed by atoms with Crippen molar-refractivity contribution in [3.8, 4) is 11.4 Å². The van der Waals surface area contributed by atoms with Crippen molar-refractivity contribution in [2.24, 2.45) is 5.92 Å². The molecule has 2 aromatic heterocycles. The Bertz CT molecular complexity index is 979. The summed E-state index contributed by atoms with van der Waals surface area (Å²) in [6.45, 7) is 3.34. The van der Waals surface area contributed by atoms with E-state index in [2.05, 4.69) is 21.1 Å². The fourth-order valence-corrected chi connectivity index (χ4v) is 4.34. The molecule has 4 heterocycles. The van der Waals surface area contributed by atoms with Crippen LogP contribution in [0.15, 0.2) is 57.8 Å². The zero-order valence-electron chi connectivity index (χ0n) is 14.4. The van der Waals surface area contributed by atoms with Crippen LogP contribution >= 0.6 is 0 Å². The number of rotatable bonds is 3. The maximum Gasteiger partial charge on any atom is 0.250 e. The van der Waals surface area contributed by atoms with Crippen LogP contribution in [0.2, 0.25) is 0 Å². The normalized spacial score (nSPS) is 22.2. The second-order valence-electron chi connectivity index (χ2n) is 7.27. The first-order valence-electron chi connectivity index (χ1n) is 9.06. The van der Waals surface area contributed by atoms with Gasteiger partial charge in [-0.15, -0.1) is 0 Å². The van der Waals surface area contributed by atoms with Crippen LogP contribution < -0.4 is 5.56 Å². The molecule has 5 rings (SSSR count). The lowest BCUT2D eigenvalue weighted by molar-refractivity contribution is 0.104. The molecule has 6 nitrogen and oxygen atoms in total. The van der Waals surface area contributed by atoms with E-state index < -0.39 is 0 Å². The maximum atomic E-state index is 12.1. The molecule has 6 heteroatoms. The molecule has 1 fully saturated rings. The van der Waals surface area contributed by atoms with Crippen LogP contribution in [0.1, 0.15) is 23.9 Å². The third-order valence-corrected chi connectivity index (χ3v) is 5.41. The molecule has 3 aromatic rings. The van der Waals surface area contributed by atoms with Crippen molar-refractivity contribution in [2.75, 3.05) is 13.1 Å². The zero-order valence-corrected chi connectivity index (χ0v) is 14.4. The average molecular weight is 348 g/mol. The van der Waals surface area contributed by atoms with Gasteiger partial charge in [0.2, 0.25) is 11.7 Å². The quantitative estimate of drug-likeness (QED) is 0.728. The molecule has 2 aliphatic heterocycles. The van der Waals surface area contributed by atoms with Gasteiger partial charge in [0.1, 0.15) is 0 Å². The first-order valence-corrected chi connectivity index (χ1v) is 9.06. The molecule has 2 bridgehead atoms. The van der Waals surface area contributed by atoms with Crippen LogP contribution in [0.5, 0.6) is 0 Å². The highest BCUT2D eigenvalue weighted by atomic mass is 16.5. The first kappa shape index (κ1) is 15.5. The maximum absolute atomic E-state index is 12.1. The lowest BCUT2D eigenvalue weighted by atomic mass is 9.83. The van der Waals surface area contributed by atoms with Crippen molar-refractivity contribution in [2.45, 2.75) is 25.4 Å². The Hall–Kier alpha value is -2.73. The van der Waals surface area contributed by atoms with E-state index in [1.807, 2.05) is 41.0 Å². The zero-order chi connectivity index (χ0) is 17.5. The third-order valence-electron chi connectivity index (χ3n) is 5.41. The highest BCUT2D eigenvalue weighted by molar-refractivity contribution is 5.53. The minimum atomic E-state index is 0.120. The fourth-order valence-electron chi connectivity index (χ4n) is 4.34. The van der Waals surface area contributed by atoms with Gasteiger partial charge in [0.25, 0.3) is 5.56 Å². The smallest absolute Gasteiger partial charge is 0.250 e. The number of nitrogens with zero attached hydrogens (tertiary/aromatic N) is 4. The highest BCUT2D eigenvalue weighted by Gasteiger charge is 2.34. The van der Waals surface area contributed by atoms with Crippen LogP contribution in [-0.4, -0.2) is 32.7 Å². The predicted octanol–water partition coefficient (Wildman–Crippen LogP) is 2.52. The second-order valence-corrected chi connectivity index (χ2v) is 7.27. The third kappa shape index (κ3) is 2.76. The SMILES string of the molecule is O=c1cccc2n1C[C@H]1C[C@@H]2CN(Cc2nc(-c3ccccc3)no2)C1. The molecule has 0 aliphatic carbocycles. The van der Waals surface area contributed by atoms with Crippen molar-refractivity contribution in [1.29, 1.82) is 0 Å². The Morgan fingerprint density at radius 1 is 1.04 bits per heavy atom. The minimum absolute atomic E-state index is 0.120. The summed E-state index contributed by atoms with van der Waals surface area (Å²) in [5, 5.41) is 4.11. The molecule has 0 unspecified atom stereocenters. The Labute approximate surface area is 151 Å². The standard InChI is InChI=1S/C20H20N4O2/c25-19-8-4-7-17-16-9-14(11-24(17)19)10-23(12-16)13-18-21-20(22-26-18)15-5-2-1-3-6-15/h1-8,14,16H,9-13H2/t14-,16+/m0/s1. The summed E-state index contributed by atoms with van der Waals surface area (Å²) in [7, 11) is 0. The topological polar surface area (TPSA) is 64.2 Å². The van der Waals surface area contributed by atoms with Crippen molar-refractivity contribution < 1.29 is 4.52 Å². The van der Waals surface area contributed by atoms with E-state index in [1.54, 1.807) is 6.07 Å². The van der Waals surface area contributed by atoms with E-state index in [-0.39, 0.29) is 5.56 Å². The summed E-state index contributed by atoms with van der Waals surface area (Å²) < 4.78 is 7.43. The van der Waals surface area contributed by atoms with Gasteiger partial charge in [0.05, 0.1) is 6.54 Å². The average Bonchev–Trinajstić information content (AvgIpc) is 3.12. The highest BCUT2D eigenvalue weighted by Crippen LogP contribution is 2.35. The van der Waals surface area contributed by atoms with Gasteiger partial charge in [0, 0.05) is 42.9 Å². The molecule has 0 radical (unpaired) electrons. The van der Waals surface area contributed by atoms with Gasteiger partial charge in [-0.05, 0) is 18.4 Å². The van der Waals surface area contributed by atoms with E-state index in [0.717, 1.165) is 37.3 Å². The lowest BCUT2D eigenvalue weighted by Gasteiger charge is -2.42. The Balaban J connectivity index is 1.34. The van der Waals surface area contributed by atoms with E-state index in [0.29, 0.717) is 30.1 Å². The van der Waals surface area contributed by atoms with Crippen LogP contribution in [0.25, 0.3) is 11.4 Å². The molecule has 2 aliphatic rings. The summed E-state index contributed by atoms with van der Waals surface area (Å²) >= 11 is 0. The van der Waals surface area contributed by atoms with Crippen LogP contribution in [0, 0.1) is 5.92 Å². The molecule has 2 atom stereocenters. The summed E-state index contributed by atoms with van der Waals surface area (Å²) in [6.07, 6.45) is 1.15. The number of hydrogen-bond acceptors (Lipinski definition) is 5. The van der Waals surface area contributed by atoms with E-state index in [4.69, 9.17) is 4.52 Å². The van der Waals surface area contributed by atoms with Crippen LogP contribution in [0.3, 0.4) is 0 Å². The summed E-state index contributed by atoms with van der Waals surface area (Å²) in [5.74, 6) is 2.18. The van der Waals surface area contributed by atoms with Crippen LogP contribution in [-0.2, 0) is 13.1 Å². The van der Waals surface area contributed by atoms with Gasteiger partial charge in [-0.1, -0.05) is 41.6 Å². The van der Waals surface area contributed by atoms with E-state index in [9.17, 15) is 4.79 Å². The number of likely N-dealkylation sites (tertiary alicyclic amines) is 1. The molecule has 0 N–H and O–H groups in total. The van der Waals surface area contributed by atoms with Crippen molar-refractivity contribution in [1.82, 2.24) is 19.6 Å². The fraction of sp³-hybridized carbons (Fsp3) is 0.350. The van der Waals surface area contributed by atoms with Crippen molar-refractivity contribution in [3.05, 3.63) is 70.5 Å². The van der Waals surface area contributed by atoms with Crippen molar-refractivity contribution >= 4 is 0 Å². The summed E-state index contributed by atoms with van der Waals surface area (Å²) in [4.78, 5) is 19.1. The Morgan fingerprint density at radius 2 is 1.92 bits per heavy atom. The number of pyridine rings is 1. The Kier molecular flexibility index (Phi) is 3.71. The molecular weight excluding hydrogens is 328 g/mol. The van der Waals surface area contributed by atoms with Crippen molar-refractivity contribution in [3.63, 3.8) is 0 Å². The largest absolute Gasteiger partial charge is 0.338 e. The monoisotopic (exact) mass is 348 g/mol. The van der Waals surface area contributed by atoms with Gasteiger partial charge in [-0.2, -0.15) is 4.98 Å². The molecule has 26 heavy (non-hydrogen) atoms. The molecule has 1 saturated heterocycles.